The first-order valence-electron chi connectivity index (χ1n) is 5.84. The molecule has 0 bridgehead atoms. The van der Waals surface area contributed by atoms with Crippen LogP contribution in [0.15, 0.2) is 42.7 Å². The van der Waals surface area contributed by atoms with E-state index in [9.17, 15) is 4.79 Å². The van der Waals surface area contributed by atoms with E-state index in [4.69, 9.17) is 23.2 Å². The predicted molar refractivity (Wildman–Crippen MR) is 80.5 cm³/mol. The number of nitrogens with zero attached hydrogens (tertiary/aromatic N) is 1. The van der Waals surface area contributed by atoms with E-state index >= 15 is 0 Å². The standard InChI is InChI=1S/C14H9Cl2N3O/c15-8-3-1-4-9(16)12(8)14(20)19-11-6-2-5-10-13(11)18-7-17-10/h1-7H,(H,17,18)(H,19,20). The third-order valence-electron chi connectivity index (χ3n) is 2.89. The quantitative estimate of drug-likeness (QED) is 0.748. The van der Waals surface area contributed by atoms with E-state index in [1.807, 2.05) is 12.1 Å². The van der Waals surface area contributed by atoms with E-state index < -0.39 is 0 Å². The van der Waals surface area contributed by atoms with Gasteiger partial charge in [0.25, 0.3) is 5.91 Å². The Hall–Kier alpha value is -2.04. The average molecular weight is 306 g/mol. The zero-order valence-electron chi connectivity index (χ0n) is 10.2. The number of hydrogen-bond donors (Lipinski definition) is 2. The fourth-order valence-corrected chi connectivity index (χ4v) is 2.53. The van der Waals surface area contributed by atoms with Crippen LogP contribution in [0.1, 0.15) is 10.4 Å². The summed E-state index contributed by atoms with van der Waals surface area (Å²) in [5, 5.41) is 3.40. The summed E-state index contributed by atoms with van der Waals surface area (Å²) in [4.78, 5) is 19.5. The van der Waals surface area contributed by atoms with E-state index in [-0.39, 0.29) is 11.5 Å². The van der Waals surface area contributed by atoms with Crippen LogP contribution in [-0.4, -0.2) is 15.9 Å². The van der Waals surface area contributed by atoms with Crippen molar-refractivity contribution in [2.75, 3.05) is 5.32 Å². The highest BCUT2D eigenvalue weighted by molar-refractivity contribution is 6.40. The summed E-state index contributed by atoms with van der Waals surface area (Å²) in [6.45, 7) is 0. The summed E-state index contributed by atoms with van der Waals surface area (Å²) < 4.78 is 0. The number of benzene rings is 2. The van der Waals surface area contributed by atoms with Crippen molar-refractivity contribution in [3.05, 3.63) is 58.3 Å². The first kappa shape index (κ1) is 13.0. The Balaban J connectivity index is 1.99. The molecule has 0 aliphatic carbocycles. The van der Waals surface area contributed by atoms with Crippen molar-refractivity contribution in [3.8, 4) is 0 Å². The number of nitrogens with one attached hydrogen (secondary N) is 2. The molecule has 0 radical (unpaired) electrons. The number of aromatic amines is 1. The van der Waals surface area contributed by atoms with Gasteiger partial charge in [-0.05, 0) is 24.3 Å². The van der Waals surface area contributed by atoms with E-state index in [1.165, 1.54) is 0 Å². The highest BCUT2D eigenvalue weighted by Gasteiger charge is 2.15. The van der Waals surface area contributed by atoms with E-state index in [0.717, 1.165) is 5.52 Å². The normalized spacial score (nSPS) is 10.7. The SMILES string of the molecule is O=C(Nc1cccc2[nH]cnc12)c1c(Cl)cccc1Cl. The molecule has 0 atom stereocenters. The molecule has 2 aromatic carbocycles. The molecule has 100 valence electrons. The van der Waals surface area contributed by atoms with Crippen LogP contribution >= 0.6 is 23.2 Å². The molecule has 1 heterocycles. The van der Waals surface area contributed by atoms with Gasteiger partial charge in [-0.15, -0.1) is 0 Å². The number of rotatable bonds is 2. The number of amides is 1. The van der Waals surface area contributed by atoms with E-state index in [1.54, 1.807) is 30.6 Å². The Morgan fingerprint density at radius 3 is 2.55 bits per heavy atom. The summed E-state index contributed by atoms with van der Waals surface area (Å²) in [5.74, 6) is -0.365. The van der Waals surface area contributed by atoms with Gasteiger partial charge in [0.1, 0.15) is 5.52 Å². The van der Waals surface area contributed by atoms with Gasteiger partial charge in [-0.3, -0.25) is 4.79 Å². The maximum absolute atomic E-state index is 12.3. The van der Waals surface area contributed by atoms with Crippen LogP contribution in [0.4, 0.5) is 5.69 Å². The summed E-state index contributed by atoms with van der Waals surface area (Å²) in [6.07, 6.45) is 1.57. The van der Waals surface area contributed by atoms with Crippen molar-refractivity contribution in [1.82, 2.24) is 9.97 Å². The Labute approximate surface area is 124 Å². The third-order valence-corrected chi connectivity index (χ3v) is 3.52. The number of halogens is 2. The van der Waals surface area contributed by atoms with Gasteiger partial charge < -0.3 is 10.3 Å². The molecule has 1 amide bonds. The van der Waals surface area contributed by atoms with Gasteiger partial charge in [0.05, 0.1) is 33.1 Å². The lowest BCUT2D eigenvalue weighted by atomic mass is 10.2. The van der Waals surface area contributed by atoms with Gasteiger partial charge in [-0.1, -0.05) is 35.3 Å². The minimum Gasteiger partial charge on any atom is -0.345 e. The lowest BCUT2D eigenvalue weighted by molar-refractivity contribution is 0.102. The molecular weight excluding hydrogens is 297 g/mol. The fourth-order valence-electron chi connectivity index (χ4n) is 1.97. The van der Waals surface area contributed by atoms with Gasteiger partial charge in [-0.2, -0.15) is 0 Å². The molecule has 1 aromatic heterocycles. The predicted octanol–water partition coefficient (Wildman–Crippen LogP) is 4.12. The number of para-hydroxylation sites is 1. The van der Waals surface area contributed by atoms with Gasteiger partial charge in [0.15, 0.2) is 0 Å². The second-order valence-corrected chi connectivity index (χ2v) is 4.97. The number of carbonyl (C=O) groups excluding carboxylic acids is 1. The summed E-state index contributed by atoms with van der Waals surface area (Å²) in [7, 11) is 0. The summed E-state index contributed by atoms with van der Waals surface area (Å²) in [5.41, 5.74) is 2.38. The Bertz CT molecular complexity index is 778. The van der Waals surface area contributed by atoms with Gasteiger partial charge in [0.2, 0.25) is 0 Å². The monoisotopic (exact) mass is 305 g/mol. The number of aromatic nitrogens is 2. The molecule has 6 heteroatoms. The molecule has 2 N–H and O–H groups in total. The highest BCUT2D eigenvalue weighted by atomic mass is 35.5. The van der Waals surface area contributed by atoms with Gasteiger partial charge in [0, 0.05) is 0 Å². The van der Waals surface area contributed by atoms with Gasteiger partial charge in [-0.25, -0.2) is 4.98 Å². The van der Waals surface area contributed by atoms with Crippen LogP contribution < -0.4 is 5.32 Å². The lowest BCUT2D eigenvalue weighted by Gasteiger charge is -2.08. The maximum atomic E-state index is 12.3. The number of fused-ring (bicyclic) bond motifs is 1. The van der Waals surface area contributed by atoms with Crippen molar-refractivity contribution < 1.29 is 4.79 Å². The smallest absolute Gasteiger partial charge is 0.258 e. The Kier molecular flexibility index (Phi) is 3.34. The molecule has 0 saturated carbocycles. The minimum absolute atomic E-state index is 0.253. The van der Waals surface area contributed by atoms with Crippen LogP contribution in [0.25, 0.3) is 11.0 Å². The van der Waals surface area contributed by atoms with Crippen LogP contribution in [0.5, 0.6) is 0 Å². The van der Waals surface area contributed by atoms with Crippen LogP contribution in [0.2, 0.25) is 10.0 Å². The second-order valence-electron chi connectivity index (χ2n) is 4.16. The molecule has 0 saturated heterocycles. The number of carbonyl (C=O) groups is 1. The summed E-state index contributed by atoms with van der Waals surface area (Å²) in [6, 6.07) is 10.4. The third kappa shape index (κ3) is 2.24. The first-order valence-corrected chi connectivity index (χ1v) is 6.60. The fraction of sp³-hybridized carbons (Fsp3) is 0. The van der Waals surface area contributed by atoms with Gasteiger partial charge >= 0.3 is 0 Å². The zero-order chi connectivity index (χ0) is 14.1. The lowest BCUT2D eigenvalue weighted by Crippen LogP contribution is -2.13. The van der Waals surface area contributed by atoms with E-state index in [2.05, 4.69) is 15.3 Å². The van der Waals surface area contributed by atoms with Crippen LogP contribution in [0, 0.1) is 0 Å². The molecule has 0 spiro atoms. The second kappa shape index (κ2) is 5.15. The number of H-pyrrole nitrogens is 1. The van der Waals surface area contributed by atoms with Crippen molar-refractivity contribution >= 4 is 45.8 Å². The topological polar surface area (TPSA) is 57.8 Å². The van der Waals surface area contributed by atoms with Crippen molar-refractivity contribution in [1.29, 1.82) is 0 Å². The highest BCUT2D eigenvalue weighted by Crippen LogP contribution is 2.26. The molecular formula is C14H9Cl2N3O. The number of anilines is 1. The molecule has 0 aliphatic rings. The Morgan fingerprint density at radius 1 is 1.10 bits per heavy atom. The van der Waals surface area contributed by atoms with Crippen molar-refractivity contribution in [3.63, 3.8) is 0 Å². The maximum Gasteiger partial charge on any atom is 0.258 e. The molecule has 0 aliphatic heterocycles. The number of hydrogen-bond acceptors (Lipinski definition) is 2. The molecule has 0 fully saturated rings. The molecule has 0 unspecified atom stereocenters. The number of imidazole rings is 1. The Morgan fingerprint density at radius 2 is 1.80 bits per heavy atom. The van der Waals surface area contributed by atoms with Crippen LogP contribution in [-0.2, 0) is 0 Å². The molecule has 3 rings (SSSR count). The molecule has 20 heavy (non-hydrogen) atoms. The van der Waals surface area contributed by atoms with Crippen molar-refractivity contribution in [2.24, 2.45) is 0 Å². The first-order chi connectivity index (χ1) is 9.66. The van der Waals surface area contributed by atoms with E-state index in [0.29, 0.717) is 21.2 Å². The van der Waals surface area contributed by atoms with Crippen molar-refractivity contribution in [2.45, 2.75) is 0 Å². The largest absolute Gasteiger partial charge is 0.345 e. The van der Waals surface area contributed by atoms with Crippen LogP contribution in [0.3, 0.4) is 0 Å². The minimum atomic E-state index is -0.365. The summed E-state index contributed by atoms with van der Waals surface area (Å²) >= 11 is 12.0. The zero-order valence-corrected chi connectivity index (χ0v) is 11.7. The molecule has 3 aromatic rings. The molecule has 4 nitrogen and oxygen atoms in total. The average Bonchev–Trinajstić information content (AvgIpc) is 2.88.